The molecule has 0 aliphatic carbocycles. The van der Waals surface area contributed by atoms with E-state index in [1.807, 2.05) is 21.1 Å². The Bertz CT molecular complexity index is 804. The van der Waals surface area contributed by atoms with Gasteiger partial charge in [-0.05, 0) is 38.5 Å². The summed E-state index contributed by atoms with van der Waals surface area (Å²) in [6.07, 6.45) is 34.5. The summed E-state index contributed by atoms with van der Waals surface area (Å²) in [5.74, 6) is -0.177. The Balaban J connectivity index is 3.92. The van der Waals surface area contributed by atoms with E-state index in [4.69, 9.17) is 9.05 Å². The predicted molar refractivity (Wildman–Crippen MR) is 201 cm³/mol. The number of nitrogens with zero attached hydrogens (tertiary/aromatic N) is 1. The van der Waals surface area contributed by atoms with Gasteiger partial charge in [0.2, 0.25) is 5.91 Å². The highest BCUT2D eigenvalue weighted by Gasteiger charge is 2.24. The third-order valence-corrected chi connectivity index (χ3v) is 9.97. The van der Waals surface area contributed by atoms with Gasteiger partial charge in [-0.25, -0.2) is 0 Å². The van der Waals surface area contributed by atoms with Crippen LogP contribution in [0.3, 0.4) is 0 Å². The lowest BCUT2D eigenvalue weighted by Gasteiger charge is -2.30. The number of carbonyl (C=O) groups excluding carboxylic acids is 1. The number of phosphoric ester groups is 1. The number of amides is 1. The van der Waals surface area contributed by atoms with Crippen molar-refractivity contribution in [2.75, 3.05) is 40.9 Å². The molecule has 0 bridgehead atoms. The van der Waals surface area contributed by atoms with E-state index in [0.29, 0.717) is 23.9 Å². The molecule has 0 aliphatic rings. The minimum Gasteiger partial charge on any atom is -0.756 e. The van der Waals surface area contributed by atoms with Crippen molar-refractivity contribution < 1.29 is 32.9 Å². The van der Waals surface area contributed by atoms with E-state index in [2.05, 4.69) is 31.3 Å². The number of likely N-dealkylation sites (N-methyl/N-ethyl adjacent to an activating group) is 1. The average Bonchev–Trinajstić information content (AvgIpc) is 3.02. The normalized spacial score (nSPS) is 14.7. The topological polar surface area (TPSA) is 108 Å². The second kappa shape index (κ2) is 32.2. The highest BCUT2D eigenvalue weighted by Crippen LogP contribution is 2.38. The van der Waals surface area contributed by atoms with Crippen LogP contribution in [0.15, 0.2) is 12.2 Å². The highest BCUT2D eigenvalue weighted by atomic mass is 31.2. The van der Waals surface area contributed by atoms with Crippen LogP contribution >= 0.6 is 7.82 Å². The van der Waals surface area contributed by atoms with E-state index in [0.717, 1.165) is 38.5 Å². The van der Waals surface area contributed by atoms with Gasteiger partial charge in [-0.15, -0.1) is 0 Å². The molecule has 1 amide bonds. The van der Waals surface area contributed by atoms with Gasteiger partial charge in [0.15, 0.2) is 0 Å². The highest BCUT2D eigenvalue weighted by molar-refractivity contribution is 7.45. The van der Waals surface area contributed by atoms with Crippen LogP contribution in [0.25, 0.3) is 0 Å². The molecule has 0 saturated carbocycles. The second-order valence-electron chi connectivity index (χ2n) is 15.0. The Kier molecular flexibility index (Phi) is 31.7. The van der Waals surface area contributed by atoms with Gasteiger partial charge in [0, 0.05) is 6.42 Å². The molecule has 3 atom stereocenters. The molecule has 0 fully saturated rings. The Hall–Kier alpha value is -0.760. The molecule has 0 aromatic rings. The fourth-order valence-corrected chi connectivity index (χ4v) is 6.46. The van der Waals surface area contributed by atoms with E-state index in [9.17, 15) is 19.4 Å². The summed E-state index contributed by atoms with van der Waals surface area (Å²) in [5.41, 5.74) is 0. The molecule has 3 unspecified atom stereocenters. The summed E-state index contributed by atoms with van der Waals surface area (Å²) < 4.78 is 22.9. The molecule has 0 rings (SSSR count). The summed E-state index contributed by atoms with van der Waals surface area (Å²) in [5, 5.41) is 13.5. The van der Waals surface area contributed by atoms with E-state index < -0.39 is 20.0 Å². The molecule has 9 heteroatoms. The van der Waals surface area contributed by atoms with E-state index >= 15 is 0 Å². The van der Waals surface area contributed by atoms with Gasteiger partial charge in [0.25, 0.3) is 7.82 Å². The number of allylic oxidation sites excluding steroid dienone is 2. The van der Waals surface area contributed by atoms with Gasteiger partial charge >= 0.3 is 0 Å². The van der Waals surface area contributed by atoms with Gasteiger partial charge < -0.3 is 28.8 Å². The quantitative estimate of drug-likeness (QED) is 0.0291. The molecule has 0 radical (unpaired) electrons. The fraction of sp³-hybridized carbons (Fsp3) is 0.923. The number of aliphatic hydroxyl groups excluding tert-OH is 1. The Morgan fingerprint density at radius 1 is 0.708 bits per heavy atom. The molecule has 0 heterocycles. The Labute approximate surface area is 297 Å². The molecule has 2 N–H and O–H groups in total. The van der Waals surface area contributed by atoms with Crippen molar-refractivity contribution in [1.29, 1.82) is 0 Å². The monoisotopic (exact) mass is 703 g/mol. The average molecular weight is 703 g/mol. The smallest absolute Gasteiger partial charge is 0.268 e. The maximum absolute atomic E-state index is 12.6. The third-order valence-electron chi connectivity index (χ3n) is 9.00. The predicted octanol–water partition coefficient (Wildman–Crippen LogP) is 9.78. The SMILES string of the molecule is CCCCCCCCCC/C=C\CCCCCCCCCCCCCC(=O)NC(COP(=O)([O-])OCC[N+](C)(C)C)C(O)CCCCC. The van der Waals surface area contributed by atoms with Crippen LogP contribution in [-0.2, 0) is 18.4 Å². The number of unbranched alkanes of at least 4 members (excludes halogenated alkanes) is 21. The molecule has 0 aromatic heterocycles. The van der Waals surface area contributed by atoms with Crippen molar-refractivity contribution in [3.8, 4) is 0 Å². The Morgan fingerprint density at radius 3 is 1.62 bits per heavy atom. The van der Waals surface area contributed by atoms with Crippen LogP contribution in [0, 0.1) is 0 Å². The van der Waals surface area contributed by atoms with Crippen LogP contribution in [0.5, 0.6) is 0 Å². The van der Waals surface area contributed by atoms with Crippen LogP contribution in [0.4, 0.5) is 0 Å². The lowest BCUT2D eigenvalue weighted by atomic mass is 10.0. The van der Waals surface area contributed by atoms with Crippen molar-refractivity contribution >= 4 is 13.7 Å². The maximum Gasteiger partial charge on any atom is 0.268 e. The van der Waals surface area contributed by atoms with Crippen LogP contribution in [-0.4, -0.2) is 68.5 Å². The van der Waals surface area contributed by atoms with Crippen molar-refractivity contribution in [3.05, 3.63) is 12.2 Å². The summed E-state index contributed by atoms with van der Waals surface area (Å²) in [6, 6.07) is -0.792. The lowest BCUT2D eigenvalue weighted by Crippen LogP contribution is -2.46. The summed E-state index contributed by atoms with van der Waals surface area (Å²) >= 11 is 0. The second-order valence-corrected chi connectivity index (χ2v) is 16.4. The fourth-order valence-electron chi connectivity index (χ4n) is 5.74. The molecular formula is C39H79N2O6P. The van der Waals surface area contributed by atoms with Gasteiger partial charge in [0.1, 0.15) is 13.2 Å². The summed E-state index contributed by atoms with van der Waals surface area (Å²) in [6.45, 7) is 4.54. The first-order chi connectivity index (χ1) is 23.0. The first kappa shape index (κ1) is 47.2. The number of aliphatic hydroxyl groups is 1. The minimum absolute atomic E-state index is 0.0118. The van der Waals surface area contributed by atoms with Crippen LogP contribution in [0.1, 0.15) is 181 Å². The van der Waals surface area contributed by atoms with E-state index in [-0.39, 0.29) is 19.1 Å². The molecule has 8 nitrogen and oxygen atoms in total. The number of carbonyl (C=O) groups is 1. The number of rotatable bonds is 36. The lowest BCUT2D eigenvalue weighted by molar-refractivity contribution is -0.870. The molecule has 286 valence electrons. The van der Waals surface area contributed by atoms with Crippen LogP contribution < -0.4 is 10.2 Å². The third kappa shape index (κ3) is 33.7. The minimum atomic E-state index is -4.53. The zero-order valence-electron chi connectivity index (χ0n) is 32.2. The zero-order chi connectivity index (χ0) is 35.8. The van der Waals surface area contributed by atoms with Crippen LogP contribution in [0.2, 0.25) is 0 Å². The molecule has 0 spiro atoms. The van der Waals surface area contributed by atoms with Crippen molar-refractivity contribution in [2.45, 2.75) is 193 Å². The van der Waals surface area contributed by atoms with Crippen molar-refractivity contribution in [3.63, 3.8) is 0 Å². The molecular weight excluding hydrogens is 623 g/mol. The van der Waals surface area contributed by atoms with E-state index in [1.165, 1.54) is 116 Å². The number of hydrogen-bond donors (Lipinski definition) is 2. The van der Waals surface area contributed by atoms with Gasteiger partial charge in [-0.3, -0.25) is 9.36 Å². The number of phosphoric acid groups is 1. The Morgan fingerprint density at radius 2 is 1.15 bits per heavy atom. The van der Waals surface area contributed by atoms with Crippen molar-refractivity contribution in [1.82, 2.24) is 5.32 Å². The van der Waals surface area contributed by atoms with Gasteiger partial charge in [-0.2, -0.15) is 0 Å². The first-order valence-corrected chi connectivity index (χ1v) is 21.5. The largest absolute Gasteiger partial charge is 0.756 e. The molecule has 0 saturated heterocycles. The molecule has 48 heavy (non-hydrogen) atoms. The number of quaternary nitrogens is 1. The maximum atomic E-state index is 12.6. The van der Waals surface area contributed by atoms with Crippen molar-refractivity contribution in [2.24, 2.45) is 0 Å². The van der Waals surface area contributed by atoms with Gasteiger partial charge in [0.05, 0.1) is 39.9 Å². The zero-order valence-corrected chi connectivity index (χ0v) is 33.1. The number of nitrogens with one attached hydrogen (secondary N) is 1. The molecule has 0 aromatic carbocycles. The summed E-state index contributed by atoms with van der Waals surface area (Å²) in [4.78, 5) is 24.9. The summed E-state index contributed by atoms with van der Waals surface area (Å²) in [7, 11) is 1.30. The van der Waals surface area contributed by atoms with E-state index in [1.54, 1.807) is 0 Å². The first-order valence-electron chi connectivity index (χ1n) is 20.0. The number of hydrogen-bond acceptors (Lipinski definition) is 6. The molecule has 0 aliphatic heterocycles. The van der Waals surface area contributed by atoms with Gasteiger partial charge in [-0.1, -0.05) is 148 Å². The standard InChI is InChI=1S/C39H79N2O6P/c1-6-8-10-11-12-13-14-15-16-17-18-19-20-21-22-23-24-25-26-27-28-29-31-33-39(43)40-37(38(42)32-30-9-7-2)36-47-48(44,45)46-35-34-41(3,4)5/h17-18,37-38,42H,6-16,19-36H2,1-5H3,(H-,40,43,44,45)/b18-17-.